The van der Waals surface area contributed by atoms with Crippen LogP contribution >= 0.6 is 0 Å². The van der Waals surface area contributed by atoms with Crippen LogP contribution in [0.5, 0.6) is 11.5 Å². The lowest BCUT2D eigenvalue weighted by atomic mass is 9.92. The van der Waals surface area contributed by atoms with Crippen LogP contribution in [-0.2, 0) is 4.74 Å². The fraction of sp³-hybridized carbons (Fsp3) is 0.667. The zero-order valence-electron chi connectivity index (χ0n) is 17.0. The number of fused-ring (bicyclic) bond motifs is 1. The zero-order chi connectivity index (χ0) is 20.5. The fourth-order valence-electron chi connectivity index (χ4n) is 4.96. The standard InChI is InChI=1S/C21H28N2O6/c1-13-6-5-7-14(2)22(13)21(24)29-20(15-8-3-4-9-15)16-10-18-19(28-12-27-18)11-17(16)23(25)26/h10-11,13-15,20H,3-9,12H2,1-2H3/t13-,14+,20?. The largest absolute Gasteiger partial charge is 0.454 e. The van der Waals surface area contributed by atoms with Crippen molar-refractivity contribution < 1.29 is 23.9 Å². The van der Waals surface area contributed by atoms with E-state index in [1.54, 1.807) is 11.0 Å². The number of carbonyl (C=O) groups is 1. The van der Waals surface area contributed by atoms with Gasteiger partial charge in [-0.2, -0.15) is 0 Å². The van der Waals surface area contributed by atoms with Crippen LogP contribution in [0.4, 0.5) is 10.5 Å². The summed E-state index contributed by atoms with van der Waals surface area (Å²) in [6.45, 7) is 4.10. The summed E-state index contributed by atoms with van der Waals surface area (Å²) in [7, 11) is 0. The van der Waals surface area contributed by atoms with E-state index in [4.69, 9.17) is 14.2 Å². The Hall–Kier alpha value is -2.51. The van der Waals surface area contributed by atoms with Gasteiger partial charge in [-0.3, -0.25) is 10.1 Å². The molecule has 0 radical (unpaired) electrons. The lowest BCUT2D eigenvalue weighted by molar-refractivity contribution is -0.386. The number of nitro groups is 1. The predicted molar refractivity (Wildman–Crippen MR) is 105 cm³/mol. The summed E-state index contributed by atoms with van der Waals surface area (Å²) >= 11 is 0. The number of benzene rings is 1. The van der Waals surface area contributed by atoms with E-state index in [1.165, 1.54) is 6.07 Å². The first-order valence-corrected chi connectivity index (χ1v) is 10.5. The molecule has 1 amide bonds. The summed E-state index contributed by atoms with van der Waals surface area (Å²) in [5.74, 6) is 0.882. The first-order valence-electron chi connectivity index (χ1n) is 10.5. The number of likely N-dealkylation sites (tertiary alicyclic amines) is 1. The van der Waals surface area contributed by atoms with Crippen molar-refractivity contribution in [1.29, 1.82) is 0 Å². The average Bonchev–Trinajstić information content (AvgIpc) is 3.36. The van der Waals surface area contributed by atoms with E-state index in [2.05, 4.69) is 0 Å². The van der Waals surface area contributed by atoms with Crippen LogP contribution in [0, 0.1) is 16.0 Å². The molecule has 0 N–H and O–H groups in total. The van der Waals surface area contributed by atoms with Gasteiger partial charge in [-0.1, -0.05) is 12.8 Å². The summed E-state index contributed by atoms with van der Waals surface area (Å²) in [4.78, 5) is 26.3. The molecular weight excluding hydrogens is 376 g/mol. The molecule has 1 saturated carbocycles. The third-order valence-electron chi connectivity index (χ3n) is 6.49. The molecule has 0 aromatic heterocycles. The van der Waals surface area contributed by atoms with Crippen LogP contribution in [0.2, 0.25) is 0 Å². The van der Waals surface area contributed by atoms with Gasteiger partial charge in [-0.25, -0.2) is 4.79 Å². The monoisotopic (exact) mass is 404 g/mol. The lowest BCUT2D eigenvalue weighted by Crippen LogP contribution is -2.48. The van der Waals surface area contributed by atoms with Crippen LogP contribution in [-0.4, -0.2) is 34.8 Å². The van der Waals surface area contributed by atoms with Gasteiger partial charge >= 0.3 is 6.09 Å². The number of hydrogen-bond acceptors (Lipinski definition) is 6. The minimum absolute atomic E-state index is 0.0344. The Labute approximate surface area is 170 Å². The van der Waals surface area contributed by atoms with Crippen molar-refractivity contribution in [1.82, 2.24) is 4.90 Å². The highest BCUT2D eigenvalue weighted by Crippen LogP contribution is 2.46. The first kappa shape index (κ1) is 19.8. The molecule has 29 heavy (non-hydrogen) atoms. The second-order valence-corrected chi connectivity index (χ2v) is 8.41. The topological polar surface area (TPSA) is 91.1 Å². The smallest absolute Gasteiger partial charge is 0.410 e. The van der Waals surface area contributed by atoms with Crippen molar-refractivity contribution in [2.75, 3.05) is 6.79 Å². The molecule has 0 bridgehead atoms. The Balaban J connectivity index is 1.68. The van der Waals surface area contributed by atoms with E-state index in [0.29, 0.717) is 17.1 Å². The Morgan fingerprint density at radius 3 is 2.34 bits per heavy atom. The van der Waals surface area contributed by atoms with E-state index in [9.17, 15) is 14.9 Å². The first-order chi connectivity index (χ1) is 14.0. The molecule has 3 atom stereocenters. The Morgan fingerprint density at radius 2 is 1.72 bits per heavy atom. The van der Waals surface area contributed by atoms with Crippen molar-refractivity contribution >= 4 is 11.8 Å². The number of rotatable bonds is 4. The van der Waals surface area contributed by atoms with Gasteiger partial charge in [0.1, 0.15) is 6.10 Å². The third kappa shape index (κ3) is 3.84. The van der Waals surface area contributed by atoms with Gasteiger partial charge in [-0.15, -0.1) is 0 Å². The number of carbonyl (C=O) groups excluding carboxylic acids is 1. The number of piperidine rings is 1. The quantitative estimate of drug-likeness (QED) is 0.521. The minimum Gasteiger partial charge on any atom is -0.454 e. The predicted octanol–water partition coefficient (Wildman–Crippen LogP) is 4.95. The van der Waals surface area contributed by atoms with Gasteiger partial charge in [0.25, 0.3) is 5.69 Å². The van der Waals surface area contributed by atoms with E-state index in [0.717, 1.165) is 44.9 Å². The molecule has 4 rings (SSSR count). The molecule has 1 aromatic rings. The van der Waals surface area contributed by atoms with Crippen molar-refractivity contribution in [2.24, 2.45) is 5.92 Å². The molecule has 1 saturated heterocycles. The van der Waals surface area contributed by atoms with Gasteiger partial charge in [0.05, 0.1) is 16.6 Å². The normalized spacial score (nSPS) is 25.1. The Morgan fingerprint density at radius 1 is 1.10 bits per heavy atom. The second kappa shape index (κ2) is 8.08. The molecule has 8 nitrogen and oxygen atoms in total. The fourth-order valence-corrected chi connectivity index (χ4v) is 4.96. The molecule has 8 heteroatoms. The molecule has 1 unspecified atom stereocenters. The summed E-state index contributed by atoms with van der Waals surface area (Å²) in [6, 6.07) is 3.21. The van der Waals surface area contributed by atoms with Gasteiger partial charge in [-0.05, 0) is 52.0 Å². The molecule has 2 heterocycles. The summed E-state index contributed by atoms with van der Waals surface area (Å²) < 4.78 is 16.8. The summed E-state index contributed by atoms with van der Waals surface area (Å²) in [6.07, 6.45) is 5.76. The van der Waals surface area contributed by atoms with E-state index in [1.807, 2.05) is 13.8 Å². The summed E-state index contributed by atoms with van der Waals surface area (Å²) in [5.41, 5.74) is 0.315. The van der Waals surface area contributed by atoms with E-state index >= 15 is 0 Å². The molecule has 158 valence electrons. The highest BCUT2D eigenvalue weighted by Gasteiger charge is 2.39. The van der Waals surface area contributed by atoms with Gasteiger partial charge in [0, 0.05) is 18.0 Å². The SMILES string of the molecule is C[C@@H]1CCC[C@H](C)N1C(=O)OC(c1cc2c(cc1[N+](=O)[O-])OCO2)C1CCCC1. The van der Waals surface area contributed by atoms with Crippen molar-refractivity contribution in [3.63, 3.8) is 0 Å². The highest BCUT2D eigenvalue weighted by molar-refractivity contribution is 5.69. The van der Waals surface area contributed by atoms with Crippen molar-refractivity contribution in [3.8, 4) is 11.5 Å². The summed E-state index contributed by atoms with van der Waals surface area (Å²) in [5, 5.41) is 11.8. The van der Waals surface area contributed by atoms with E-state index < -0.39 is 11.0 Å². The van der Waals surface area contributed by atoms with Crippen molar-refractivity contribution in [2.45, 2.75) is 77.0 Å². The Kier molecular flexibility index (Phi) is 5.52. The third-order valence-corrected chi connectivity index (χ3v) is 6.49. The number of amides is 1. The van der Waals surface area contributed by atoms with Crippen LogP contribution in [0.1, 0.15) is 70.5 Å². The average molecular weight is 404 g/mol. The zero-order valence-corrected chi connectivity index (χ0v) is 17.0. The van der Waals surface area contributed by atoms with Crippen LogP contribution in [0.15, 0.2) is 12.1 Å². The maximum absolute atomic E-state index is 13.2. The second-order valence-electron chi connectivity index (χ2n) is 8.41. The van der Waals surface area contributed by atoms with Gasteiger partial charge in [0.15, 0.2) is 11.5 Å². The molecule has 0 spiro atoms. The van der Waals surface area contributed by atoms with E-state index in [-0.39, 0.29) is 36.6 Å². The number of nitro benzene ring substituents is 1. The highest BCUT2D eigenvalue weighted by atomic mass is 16.7. The Bertz CT molecular complexity index is 782. The maximum atomic E-state index is 13.2. The molecule has 1 aromatic carbocycles. The van der Waals surface area contributed by atoms with Gasteiger partial charge < -0.3 is 19.1 Å². The molecule has 2 fully saturated rings. The van der Waals surface area contributed by atoms with Crippen molar-refractivity contribution in [3.05, 3.63) is 27.8 Å². The van der Waals surface area contributed by atoms with Crippen LogP contribution < -0.4 is 9.47 Å². The molecular formula is C21H28N2O6. The minimum atomic E-state index is -0.666. The maximum Gasteiger partial charge on any atom is 0.410 e. The number of hydrogen-bond donors (Lipinski definition) is 0. The lowest BCUT2D eigenvalue weighted by Gasteiger charge is -2.39. The number of nitrogens with zero attached hydrogens (tertiary/aromatic N) is 2. The number of ether oxygens (including phenoxy) is 3. The molecule has 3 aliphatic rings. The molecule has 1 aliphatic carbocycles. The van der Waals surface area contributed by atoms with Crippen LogP contribution in [0.3, 0.4) is 0 Å². The molecule has 2 aliphatic heterocycles. The van der Waals surface area contributed by atoms with Gasteiger partial charge in [0.2, 0.25) is 6.79 Å². The van der Waals surface area contributed by atoms with Crippen LogP contribution in [0.25, 0.3) is 0 Å².